The van der Waals surface area contributed by atoms with Gasteiger partial charge >= 0.3 is 6.18 Å². The molecule has 0 aliphatic heterocycles. The SMILES string of the molecule is C=C(/C=C\C(=C)N(C)CCN(C)CCN(C)CC(F)(F)F)OCCOC. The number of nitrogens with zero attached hydrogens (tertiary/aromatic N) is 3. The summed E-state index contributed by atoms with van der Waals surface area (Å²) in [4.78, 5) is 5.24. The molecule has 8 heteroatoms. The first-order chi connectivity index (χ1) is 12.0. The zero-order valence-electron chi connectivity index (χ0n) is 16.3. The summed E-state index contributed by atoms with van der Waals surface area (Å²) in [5.74, 6) is 0.529. The number of rotatable bonds is 14. The van der Waals surface area contributed by atoms with Crippen LogP contribution in [0.25, 0.3) is 0 Å². The smallest absolute Gasteiger partial charge is 0.401 e. The van der Waals surface area contributed by atoms with Crippen molar-refractivity contribution in [3.05, 3.63) is 36.8 Å². The minimum Gasteiger partial charge on any atom is -0.492 e. The number of halogens is 3. The third kappa shape index (κ3) is 13.7. The van der Waals surface area contributed by atoms with Crippen LogP contribution in [0.1, 0.15) is 0 Å². The van der Waals surface area contributed by atoms with Gasteiger partial charge in [0.15, 0.2) is 0 Å². The summed E-state index contributed by atoms with van der Waals surface area (Å²) < 4.78 is 47.1. The van der Waals surface area contributed by atoms with Crippen molar-refractivity contribution in [2.45, 2.75) is 6.18 Å². The fourth-order valence-electron chi connectivity index (χ4n) is 1.92. The number of ether oxygens (including phenoxy) is 2. The number of hydrogen-bond donors (Lipinski definition) is 0. The molecule has 0 N–H and O–H groups in total. The van der Waals surface area contributed by atoms with Gasteiger partial charge < -0.3 is 19.3 Å². The minimum absolute atomic E-state index is 0.360. The third-order valence-electron chi connectivity index (χ3n) is 3.66. The fourth-order valence-corrected chi connectivity index (χ4v) is 1.92. The molecule has 0 spiro atoms. The largest absolute Gasteiger partial charge is 0.492 e. The van der Waals surface area contributed by atoms with Crippen molar-refractivity contribution < 1.29 is 22.6 Å². The van der Waals surface area contributed by atoms with Crippen LogP contribution >= 0.6 is 0 Å². The Labute approximate surface area is 155 Å². The van der Waals surface area contributed by atoms with E-state index >= 15 is 0 Å². The second-order valence-electron chi connectivity index (χ2n) is 6.21. The first-order valence-electron chi connectivity index (χ1n) is 8.37. The van der Waals surface area contributed by atoms with Gasteiger partial charge in [0.1, 0.15) is 12.4 Å². The van der Waals surface area contributed by atoms with Gasteiger partial charge in [0.05, 0.1) is 13.2 Å². The van der Waals surface area contributed by atoms with Gasteiger partial charge in [-0.05, 0) is 26.2 Å². The average molecular weight is 379 g/mol. The van der Waals surface area contributed by atoms with Gasteiger partial charge in [-0.3, -0.25) is 4.90 Å². The second-order valence-corrected chi connectivity index (χ2v) is 6.21. The van der Waals surface area contributed by atoms with Gasteiger partial charge in [0.25, 0.3) is 0 Å². The third-order valence-corrected chi connectivity index (χ3v) is 3.66. The van der Waals surface area contributed by atoms with Crippen LogP contribution in [0.3, 0.4) is 0 Å². The van der Waals surface area contributed by atoms with E-state index in [1.807, 2.05) is 30.0 Å². The molecule has 0 unspecified atom stereocenters. The maximum Gasteiger partial charge on any atom is 0.401 e. The van der Waals surface area contributed by atoms with Gasteiger partial charge in [-0.15, -0.1) is 0 Å². The van der Waals surface area contributed by atoms with Gasteiger partial charge in [0.2, 0.25) is 0 Å². The van der Waals surface area contributed by atoms with Crippen LogP contribution in [0.5, 0.6) is 0 Å². The Morgan fingerprint density at radius 1 is 0.923 bits per heavy atom. The molecule has 26 heavy (non-hydrogen) atoms. The first kappa shape index (κ1) is 24.5. The number of hydrogen-bond acceptors (Lipinski definition) is 5. The van der Waals surface area contributed by atoms with Crippen molar-refractivity contribution in [1.29, 1.82) is 0 Å². The summed E-state index contributed by atoms with van der Waals surface area (Å²) >= 11 is 0. The molecule has 5 nitrogen and oxygen atoms in total. The van der Waals surface area contributed by atoms with E-state index < -0.39 is 12.7 Å². The van der Waals surface area contributed by atoms with E-state index in [9.17, 15) is 13.2 Å². The van der Waals surface area contributed by atoms with E-state index in [0.29, 0.717) is 45.2 Å². The van der Waals surface area contributed by atoms with Crippen molar-refractivity contribution in [2.24, 2.45) is 0 Å². The molecule has 0 bridgehead atoms. The molecule has 0 aliphatic rings. The highest BCUT2D eigenvalue weighted by atomic mass is 19.4. The average Bonchev–Trinajstić information content (AvgIpc) is 2.54. The molecular formula is C18H32F3N3O2. The van der Waals surface area contributed by atoms with Crippen LogP contribution in [-0.2, 0) is 9.47 Å². The topological polar surface area (TPSA) is 28.2 Å². The van der Waals surface area contributed by atoms with Crippen molar-refractivity contribution in [1.82, 2.24) is 14.7 Å². The van der Waals surface area contributed by atoms with Gasteiger partial charge in [-0.1, -0.05) is 13.2 Å². The van der Waals surface area contributed by atoms with E-state index in [-0.39, 0.29) is 0 Å². The van der Waals surface area contributed by atoms with E-state index in [0.717, 1.165) is 5.70 Å². The van der Waals surface area contributed by atoms with Crippen LogP contribution < -0.4 is 0 Å². The molecule has 0 saturated carbocycles. The van der Waals surface area contributed by atoms with Gasteiger partial charge in [-0.25, -0.2) is 0 Å². The second kappa shape index (κ2) is 12.8. The predicted octanol–water partition coefficient (Wildman–Crippen LogP) is 2.59. The lowest BCUT2D eigenvalue weighted by molar-refractivity contribution is -0.143. The Bertz CT molecular complexity index is 453. The summed E-state index contributed by atoms with van der Waals surface area (Å²) in [6.45, 7) is 10.2. The van der Waals surface area contributed by atoms with E-state index in [2.05, 4.69) is 13.2 Å². The number of methoxy groups -OCH3 is 1. The normalized spacial score (nSPS) is 12.2. The summed E-state index contributed by atoms with van der Waals surface area (Å²) in [5.41, 5.74) is 0.795. The highest BCUT2D eigenvalue weighted by molar-refractivity contribution is 5.20. The molecular weight excluding hydrogens is 347 g/mol. The maximum atomic E-state index is 12.3. The van der Waals surface area contributed by atoms with Crippen LogP contribution in [0.15, 0.2) is 36.8 Å². The molecule has 152 valence electrons. The summed E-state index contributed by atoms with van der Waals surface area (Å²) in [7, 11) is 6.87. The Kier molecular flexibility index (Phi) is 12.0. The summed E-state index contributed by atoms with van der Waals surface area (Å²) in [6.07, 6.45) is -0.606. The lowest BCUT2D eigenvalue weighted by Crippen LogP contribution is -2.38. The standard InChI is InChI=1S/C18H32F3N3O2/c1-16(7-8-17(2)26-14-13-25-6)24(5)12-11-22(3)9-10-23(4)15-18(19,20)21/h7-8H,1-2,9-15H2,3-6H3/b8-7-. The lowest BCUT2D eigenvalue weighted by Gasteiger charge is -2.26. The molecule has 0 heterocycles. The van der Waals surface area contributed by atoms with Crippen LogP contribution in [-0.4, -0.2) is 95.1 Å². The van der Waals surface area contributed by atoms with Gasteiger partial charge in [-0.2, -0.15) is 13.2 Å². The van der Waals surface area contributed by atoms with Crippen molar-refractivity contribution in [3.8, 4) is 0 Å². The molecule has 0 aliphatic carbocycles. The van der Waals surface area contributed by atoms with E-state index in [1.54, 1.807) is 13.2 Å². The molecule has 0 aromatic carbocycles. The molecule has 0 amide bonds. The Balaban J connectivity index is 4.06. The van der Waals surface area contributed by atoms with Crippen molar-refractivity contribution >= 4 is 0 Å². The molecule has 0 atom stereocenters. The first-order valence-corrected chi connectivity index (χ1v) is 8.37. The minimum atomic E-state index is -4.16. The molecule has 0 aromatic rings. The predicted molar refractivity (Wildman–Crippen MR) is 98.9 cm³/mol. The lowest BCUT2D eigenvalue weighted by atomic mass is 10.3. The van der Waals surface area contributed by atoms with E-state index in [4.69, 9.17) is 9.47 Å². The Hall–Kier alpha value is -1.51. The molecule has 0 fully saturated rings. The monoisotopic (exact) mass is 379 g/mol. The van der Waals surface area contributed by atoms with Gasteiger partial charge in [0, 0.05) is 46.0 Å². The number of allylic oxidation sites excluding steroid dienone is 2. The molecule has 0 radical (unpaired) electrons. The van der Waals surface area contributed by atoms with Crippen LogP contribution in [0.2, 0.25) is 0 Å². The maximum absolute atomic E-state index is 12.3. The number of alkyl halides is 3. The highest BCUT2D eigenvalue weighted by Crippen LogP contribution is 2.15. The summed E-state index contributed by atoms with van der Waals surface area (Å²) in [6, 6.07) is 0. The quantitative estimate of drug-likeness (QED) is 0.263. The van der Waals surface area contributed by atoms with Crippen LogP contribution in [0, 0.1) is 0 Å². The number of likely N-dealkylation sites (N-methyl/N-ethyl adjacent to an activating group) is 3. The fraction of sp³-hybridized carbons (Fsp3) is 0.667. The van der Waals surface area contributed by atoms with Crippen LogP contribution in [0.4, 0.5) is 13.2 Å². The zero-order chi connectivity index (χ0) is 20.2. The Morgan fingerprint density at radius 2 is 1.50 bits per heavy atom. The zero-order valence-corrected chi connectivity index (χ0v) is 16.3. The Morgan fingerprint density at radius 3 is 2.08 bits per heavy atom. The molecule has 0 saturated heterocycles. The molecule has 0 aromatic heterocycles. The van der Waals surface area contributed by atoms with E-state index in [1.165, 1.54) is 11.9 Å². The van der Waals surface area contributed by atoms with Crippen molar-refractivity contribution in [2.75, 3.05) is 74.2 Å². The highest BCUT2D eigenvalue weighted by Gasteiger charge is 2.28. The summed E-state index contributed by atoms with van der Waals surface area (Å²) in [5, 5.41) is 0. The van der Waals surface area contributed by atoms with Crippen molar-refractivity contribution in [3.63, 3.8) is 0 Å². The molecule has 0 rings (SSSR count).